The lowest BCUT2D eigenvalue weighted by Gasteiger charge is -2.20. The van der Waals surface area contributed by atoms with Gasteiger partial charge in [0.05, 0.1) is 30.4 Å². The molecule has 2 aromatic carbocycles. The molecule has 1 saturated heterocycles. The lowest BCUT2D eigenvalue weighted by atomic mass is 10.0. The highest BCUT2D eigenvalue weighted by Gasteiger charge is 2.59. The molecule has 2 amide bonds. The Bertz CT molecular complexity index is 3600. The minimum Gasteiger partial charge on any atom is -0.481 e. The van der Waals surface area contributed by atoms with Crippen LogP contribution in [0.4, 0.5) is 38.0 Å². The number of amides is 2. The number of ether oxygens (including phenoxy) is 1. The average molecular weight is 1150 g/mol. The van der Waals surface area contributed by atoms with E-state index in [4.69, 9.17) is 48.1 Å². The zero-order chi connectivity index (χ0) is 60.2. The van der Waals surface area contributed by atoms with Gasteiger partial charge < -0.3 is 78.8 Å². The average Bonchev–Trinajstić information content (AvgIpc) is 3.10. The van der Waals surface area contributed by atoms with E-state index in [-0.39, 0.29) is 65.9 Å². The number of benzene rings is 2. The van der Waals surface area contributed by atoms with Crippen LogP contribution in [0.25, 0.3) is 22.2 Å². The summed E-state index contributed by atoms with van der Waals surface area (Å²) in [5, 5.41) is 59.0. The van der Waals surface area contributed by atoms with E-state index in [1.165, 1.54) is 12.1 Å². The number of nitrogens with one attached hydrogen (secondary N) is 4. The number of hydrogen-bond acceptors (Lipinski definition) is 22. The molecule has 8 rings (SSSR count). The molecular formula is C49H54F2N16O15. The van der Waals surface area contributed by atoms with E-state index in [9.17, 15) is 57.4 Å². The SMILES string of the molecule is CN(Cc1cnc2nc(N)nc(N)c2n1)c1ccc(C(=O)N[C@@H](CCC(=O)O)C(=O)O)cc1.Nc1ccn([C@@H]2O[C@H](CO)[C@@H](O)C2(F)F)c(=O)n1.Nc1nc2[nH]cc(CCc3ccc(C(=O)N[C@@H](CCC(=O)O)C(=O)O)cc3)c2c(=O)[nH]1. The van der Waals surface area contributed by atoms with Gasteiger partial charge in [-0.1, -0.05) is 12.1 Å². The topological polar surface area (TPSA) is 512 Å². The fraction of sp³-hybridized carbons (Fsp3) is 0.306. The molecular weight excluding hydrogens is 1090 g/mol. The molecule has 1 aliphatic rings. The van der Waals surface area contributed by atoms with Crippen LogP contribution < -0.4 is 49.7 Å². The fourth-order valence-corrected chi connectivity index (χ4v) is 7.94. The number of aromatic amines is 2. The lowest BCUT2D eigenvalue weighted by molar-refractivity contribution is -0.142. The molecule has 18 N–H and O–H groups in total. The third-order valence-electron chi connectivity index (χ3n) is 12.2. The number of aryl methyl sites for hydroxylation is 2. The van der Waals surface area contributed by atoms with Crippen molar-refractivity contribution in [2.24, 2.45) is 0 Å². The molecule has 33 heteroatoms. The number of anilines is 5. The molecule has 5 atom stereocenters. The van der Waals surface area contributed by atoms with Crippen molar-refractivity contribution < 1.29 is 72.9 Å². The molecule has 0 spiro atoms. The summed E-state index contributed by atoms with van der Waals surface area (Å²) in [5.41, 5.74) is 25.5. The van der Waals surface area contributed by atoms with E-state index in [1.807, 2.05) is 11.9 Å². The van der Waals surface area contributed by atoms with E-state index >= 15 is 0 Å². The maximum absolute atomic E-state index is 13.7. The Morgan fingerprint density at radius 1 is 0.805 bits per heavy atom. The van der Waals surface area contributed by atoms with Crippen molar-refractivity contribution in [3.8, 4) is 0 Å². The Labute approximate surface area is 459 Å². The third-order valence-corrected chi connectivity index (χ3v) is 12.2. The van der Waals surface area contributed by atoms with Crippen LogP contribution in [0, 0.1) is 0 Å². The number of halogens is 2. The van der Waals surface area contributed by atoms with Gasteiger partial charge in [-0.05, 0) is 79.3 Å². The van der Waals surface area contributed by atoms with Crippen LogP contribution in [0.3, 0.4) is 0 Å². The maximum Gasteiger partial charge on any atom is 0.351 e. The highest BCUT2D eigenvalue weighted by Crippen LogP contribution is 2.42. The number of carbonyl (C=O) groups is 6. The predicted octanol–water partition coefficient (Wildman–Crippen LogP) is -0.354. The Kier molecular flexibility index (Phi) is 19.8. The van der Waals surface area contributed by atoms with Crippen LogP contribution in [0.2, 0.25) is 0 Å². The van der Waals surface area contributed by atoms with Gasteiger partial charge in [-0.25, -0.2) is 24.4 Å². The number of aliphatic hydroxyl groups is 2. The molecule has 0 bridgehead atoms. The summed E-state index contributed by atoms with van der Waals surface area (Å²) in [6.07, 6.45) is -1.45. The van der Waals surface area contributed by atoms with Crippen molar-refractivity contribution in [3.63, 3.8) is 0 Å². The number of carbonyl (C=O) groups excluding carboxylic acids is 2. The Balaban J connectivity index is 0.000000206. The van der Waals surface area contributed by atoms with Gasteiger partial charge in [-0.15, -0.1) is 0 Å². The van der Waals surface area contributed by atoms with Crippen LogP contribution in [0.5, 0.6) is 0 Å². The summed E-state index contributed by atoms with van der Waals surface area (Å²) >= 11 is 0. The quantitative estimate of drug-likeness (QED) is 0.0464. The predicted molar refractivity (Wildman–Crippen MR) is 284 cm³/mol. The van der Waals surface area contributed by atoms with Crippen molar-refractivity contribution in [2.75, 3.05) is 41.5 Å². The Morgan fingerprint density at radius 3 is 1.93 bits per heavy atom. The van der Waals surface area contributed by atoms with Gasteiger partial charge in [0.25, 0.3) is 17.4 Å². The van der Waals surface area contributed by atoms with E-state index in [2.05, 4.69) is 50.5 Å². The number of fused-ring (bicyclic) bond motifs is 2. The molecule has 31 nitrogen and oxygen atoms in total. The summed E-state index contributed by atoms with van der Waals surface area (Å²) < 4.78 is 32.7. The normalized spacial score (nSPS) is 15.9. The van der Waals surface area contributed by atoms with Gasteiger partial charge in [0.1, 0.15) is 29.7 Å². The number of aliphatic hydroxyl groups excluding tert-OH is 2. The number of nitrogen functional groups attached to an aromatic ring is 4. The van der Waals surface area contributed by atoms with Gasteiger partial charge in [0.15, 0.2) is 23.1 Å². The molecule has 434 valence electrons. The molecule has 0 aliphatic carbocycles. The number of nitrogens with two attached hydrogens (primary N) is 4. The number of carboxylic acid groups (broad SMARTS) is 4. The maximum atomic E-state index is 13.7. The highest BCUT2D eigenvalue weighted by molar-refractivity contribution is 5.97. The molecule has 82 heavy (non-hydrogen) atoms. The third kappa shape index (κ3) is 15.5. The van der Waals surface area contributed by atoms with E-state index in [1.54, 1.807) is 48.8 Å². The molecule has 0 saturated carbocycles. The van der Waals surface area contributed by atoms with Crippen molar-refractivity contribution >= 4 is 87.1 Å². The van der Waals surface area contributed by atoms with Crippen molar-refractivity contribution in [3.05, 3.63) is 122 Å². The number of carboxylic acids is 4. The number of alkyl halides is 2. The van der Waals surface area contributed by atoms with Crippen molar-refractivity contribution in [1.82, 2.24) is 55.1 Å². The van der Waals surface area contributed by atoms with Crippen LogP contribution >= 0.6 is 0 Å². The van der Waals surface area contributed by atoms with Crippen molar-refractivity contribution in [2.45, 2.75) is 81.5 Å². The first-order chi connectivity index (χ1) is 38.7. The van der Waals surface area contributed by atoms with Crippen LogP contribution in [-0.4, -0.2) is 155 Å². The number of H-pyrrole nitrogens is 2. The first-order valence-corrected chi connectivity index (χ1v) is 24.2. The second kappa shape index (κ2) is 26.6. The summed E-state index contributed by atoms with van der Waals surface area (Å²) in [7, 11) is 1.82. The van der Waals surface area contributed by atoms with Gasteiger partial charge in [0.2, 0.25) is 18.1 Å². The first-order valence-electron chi connectivity index (χ1n) is 24.2. The first kappa shape index (κ1) is 60.9. The van der Waals surface area contributed by atoms with E-state index in [0.717, 1.165) is 29.1 Å². The zero-order valence-corrected chi connectivity index (χ0v) is 43.0. The van der Waals surface area contributed by atoms with Gasteiger partial charge >= 0.3 is 35.5 Å². The van der Waals surface area contributed by atoms with Gasteiger partial charge in [0, 0.05) is 49.1 Å². The van der Waals surface area contributed by atoms with Crippen LogP contribution in [-0.2, 0) is 43.3 Å². The second-order valence-electron chi connectivity index (χ2n) is 18.1. The Morgan fingerprint density at radius 2 is 1.39 bits per heavy atom. The largest absolute Gasteiger partial charge is 0.481 e. The minimum atomic E-state index is -3.71. The summed E-state index contributed by atoms with van der Waals surface area (Å²) in [5.74, 6) is -9.73. The smallest absolute Gasteiger partial charge is 0.351 e. The van der Waals surface area contributed by atoms with Gasteiger partial charge in [-0.2, -0.15) is 28.7 Å². The van der Waals surface area contributed by atoms with Gasteiger partial charge in [-0.3, -0.25) is 33.5 Å². The number of nitrogens with zero attached hydrogens (tertiary/aromatic N) is 8. The number of aromatic nitrogens is 9. The van der Waals surface area contributed by atoms with E-state index in [0.29, 0.717) is 51.8 Å². The molecule has 6 heterocycles. The molecule has 0 radical (unpaired) electrons. The fourth-order valence-electron chi connectivity index (χ4n) is 7.94. The molecule has 1 fully saturated rings. The molecule has 0 unspecified atom stereocenters. The highest BCUT2D eigenvalue weighted by atomic mass is 19.3. The number of rotatable bonds is 20. The molecule has 7 aromatic rings. The van der Waals surface area contributed by atoms with Crippen LogP contribution in [0.1, 0.15) is 69.4 Å². The number of hydrogen-bond donors (Lipinski definition) is 14. The summed E-state index contributed by atoms with van der Waals surface area (Å²) in [6.45, 7) is -0.418. The standard InChI is InChI=1S/C20H22N8O5.C20H21N5O6.C9H11F2N3O4/c1-28(9-11-8-23-17-15(24-11)16(21)26-20(22)27-17)12-4-2-10(3-5-12)18(31)25-13(19(32)33)6-7-14(29)30;21-20-24-16-15(18(29)25-20)12(9-22-16)6-3-10-1-4-11(5-2-10)17(28)23-13(19(30)31)7-8-14(26)27;10-9(11)6(16)4(3-15)18-7(9)14-2-1-5(12)13-8(14)17/h2-5,8,13H,6-7,9H2,1H3,(H,25,31)(H,29,30)(H,32,33)(H4,21,22,23,26,27);1-2,4-5,9,13H,3,6-8H2,(H,23,28)(H,26,27)(H,30,31)(H4,21,22,24,25,29);1-2,4,6-7,15-16H,3H2,(H2,12,13,17)/t2*13-;4-,6-,7-/m001/s1. The zero-order valence-electron chi connectivity index (χ0n) is 43.0. The Hall–Kier alpha value is -10.3. The summed E-state index contributed by atoms with van der Waals surface area (Å²) in [4.78, 5) is 123. The van der Waals surface area contributed by atoms with E-state index < -0.39 is 84.4 Å². The monoisotopic (exact) mass is 1140 g/mol. The number of aliphatic carboxylic acids is 4. The molecule has 1 aliphatic heterocycles. The second-order valence-corrected chi connectivity index (χ2v) is 18.1. The van der Waals surface area contributed by atoms with Crippen molar-refractivity contribution in [1.29, 1.82) is 0 Å². The van der Waals surface area contributed by atoms with Crippen LogP contribution in [0.15, 0.2) is 82.8 Å². The lowest BCUT2D eigenvalue weighted by Crippen LogP contribution is -2.41. The molecule has 5 aromatic heterocycles. The summed E-state index contributed by atoms with van der Waals surface area (Å²) in [6, 6.07) is 11.6. The minimum absolute atomic E-state index is 0.0138.